The Kier molecular flexibility index (Phi) is 6.04. The van der Waals surface area contributed by atoms with Crippen LogP contribution in [0.4, 0.5) is 22.9 Å². The normalized spacial score (nSPS) is 15.4. The van der Waals surface area contributed by atoms with Gasteiger partial charge in [-0.15, -0.1) is 0 Å². The summed E-state index contributed by atoms with van der Waals surface area (Å²) in [5, 5.41) is 8.68. The number of anilines is 2. The maximum atomic E-state index is 5.35. The van der Waals surface area contributed by atoms with E-state index in [-0.39, 0.29) is 6.04 Å². The number of para-hydroxylation sites is 3. The number of nitrogens with one attached hydrogen (secondary N) is 1. The number of nitrogens with zero attached hydrogens (tertiary/aromatic N) is 5. The summed E-state index contributed by atoms with van der Waals surface area (Å²) < 4.78 is 1.97. The minimum Gasteiger partial charge on any atom is -0.337 e. The molecule has 6 nitrogen and oxygen atoms in total. The lowest BCUT2D eigenvalue weighted by molar-refractivity contribution is 0.814. The van der Waals surface area contributed by atoms with Crippen molar-refractivity contribution in [1.82, 2.24) is 9.78 Å². The maximum absolute atomic E-state index is 5.35. The number of fused-ring (bicyclic) bond motifs is 4. The van der Waals surface area contributed by atoms with Crippen molar-refractivity contribution < 1.29 is 0 Å². The Morgan fingerprint density at radius 2 is 1.49 bits per heavy atom. The SMILES string of the molecule is CCc1ccc(C2c3c(C)nn(-c4ccccc4)c3N=C3C(Nc4cc(C)cc(C)c4)=Nc4ccccc4N32)cc1. The summed E-state index contributed by atoms with van der Waals surface area (Å²) in [6.07, 6.45) is 0.997. The van der Waals surface area contributed by atoms with Gasteiger partial charge in [-0.25, -0.2) is 14.7 Å². The Balaban J connectivity index is 1.49. The van der Waals surface area contributed by atoms with E-state index in [1.807, 2.05) is 28.9 Å². The van der Waals surface area contributed by atoms with Gasteiger partial charge in [0.05, 0.1) is 28.8 Å². The zero-order chi connectivity index (χ0) is 28.1. The van der Waals surface area contributed by atoms with Gasteiger partial charge in [-0.1, -0.05) is 67.6 Å². The van der Waals surface area contributed by atoms with Crippen LogP contribution in [0.25, 0.3) is 5.69 Å². The number of benzene rings is 4. The van der Waals surface area contributed by atoms with Crippen LogP contribution in [0.1, 0.15) is 46.5 Å². The molecule has 5 aromatic rings. The first kappa shape index (κ1) is 25.0. The van der Waals surface area contributed by atoms with Crippen LogP contribution < -0.4 is 10.2 Å². The second-order valence-electron chi connectivity index (χ2n) is 10.8. The predicted molar refractivity (Wildman–Crippen MR) is 169 cm³/mol. The van der Waals surface area contributed by atoms with Gasteiger partial charge in [0.15, 0.2) is 17.5 Å². The van der Waals surface area contributed by atoms with Gasteiger partial charge < -0.3 is 10.2 Å². The van der Waals surface area contributed by atoms with Gasteiger partial charge in [-0.05, 0) is 85.8 Å². The van der Waals surface area contributed by atoms with E-state index >= 15 is 0 Å². The van der Waals surface area contributed by atoms with Crippen LogP contribution in [0.15, 0.2) is 107 Å². The molecule has 1 N–H and O–H groups in total. The summed E-state index contributed by atoms with van der Waals surface area (Å²) in [6.45, 7) is 8.51. The summed E-state index contributed by atoms with van der Waals surface area (Å²) in [7, 11) is 0. The van der Waals surface area contributed by atoms with Crippen LogP contribution in [-0.4, -0.2) is 21.5 Å². The van der Waals surface area contributed by atoms with Crippen LogP contribution in [0, 0.1) is 20.8 Å². The van der Waals surface area contributed by atoms with Crippen LogP contribution in [-0.2, 0) is 6.42 Å². The second-order valence-corrected chi connectivity index (χ2v) is 10.8. The Hall–Kier alpha value is -4.97. The lowest BCUT2D eigenvalue weighted by Gasteiger charge is -2.40. The molecule has 6 heteroatoms. The number of aromatic nitrogens is 2. The zero-order valence-electron chi connectivity index (χ0n) is 23.8. The predicted octanol–water partition coefficient (Wildman–Crippen LogP) is 8.16. The fraction of sp³-hybridized carbons (Fsp3) is 0.171. The standard InChI is InChI=1S/C35H32N6/c1-5-25-15-17-26(18-16-25)32-31-24(4)39-41(28-11-7-6-8-12-28)34(31)38-35-33(36-27-20-22(2)19-23(3)21-27)37-29-13-9-10-14-30(29)40(32)35/h6-21,32H,5H2,1-4H3,(H,36,37). The van der Waals surface area contributed by atoms with Crippen LogP contribution in [0.2, 0.25) is 0 Å². The highest BCUT2D eigenvalue weighted by molar-refractivity contribution is 6.51. The Bertz CT molecular complexity index is 1810. The molecule has 2 aliphatic rings. The minimum absolute atomic E-state index is 0.131. The zero-order valence-corrected chi connectivity index (χ0v) is 23.8. The van der Waals surface area contributed by atoms with E-state index in [1.165, 1.54) is 22.3 Å². The molecule has 0 bridgehead atoms. The van der Waals surface area contributed by atoms with Gasteiger partial charge in [0.25, 0.3) is 0 Å². The number of aliphatic imine (C=N–C) groups is 2. The van der Waals surface area contributed by atoms with Crippen molar-refractivity contribution >= 4 is 34.6 Å². The van der Waals surface area contributed by atoms with Crippen LogP contribution in [0.5, 0.6) is 0 Å². The number of hydrogen-bond acceptors (Lipinski definition) is 5. The first-order chi connectivity index (χ1) is 20.0. The molecule has 1 atom stereocenters. The average molecular weight is 537 g/mol. The first-order valence-corrected chi connectivity index (χ1v) is 14.2. The van der Waals surface area contributed by atoms with E-state index in [0.717, 1.165) is 52.1 Å². The van der Waals surface area contributed by atoms with Crippen molar-refractivity contribution in [2.24, 2.45) is 9.98 Å². The summed E-state index contributed by atoms with van der Waals surface area (Å²) in [5.41, 5.74) is 10.9. The highest BCUT2D eigenvalue weighted by Gasteiger charge is 2.41. The van der Waals surface area contributed by atoms with Crippen LogP contribution in [0.3, 0.4) is 0 Å². The molecule has 0 aliphatic carbocycles. The number of aryl methyl sites for hydroxylation is 4. The largest absolute Gasteiger partial charge is 0.337 e. The molecule has 202 valence electrons. The van der Waals surface area contributed by atoms with E-state index in [4.69, 9.17) is 15.1 Å². The Morgan fingerprint density at radius 1 is 0.780 bits per heavy atom. The van der Waals surface area contributed by atoms with Gasteiger partial charge in [0.1, 0.15) is 0 Å². The lowest BCUT2D eigenvalue weighted by atomic mass is 9.92. The smallest absolute Gasteiger partial charge is 0.179 e. The number of amidine groups is 2. The summed E-state index contributed by atoms with van der Waals surface area (Å²) in [4.78, 5) is 12.8. The van der Waals surface area contributed by atoms with Crippen molar-refractivity contribution in [2.45, 2.75) is 40.2 Å². The molecular formula is C35H32N6. The van der Waals surface area contributed by atoms with E-state index in [0.29, 0.717) is 5.84 Å². The third-order valence-electron chi connectivity index (χ3n) is 7.83. The topological polar surface area (TPSA) is 57.8 Å². The van der Waals surface area contributed by atoms with Crippen LogP contribution >= 0.6 is 0 Å². The molecule has 7 rings (SSSR count). The second kappa shape index (κ2) is 9.89. The molecule has 0 saturated heterocycles. The van der Waals surface area contributed by atoms with Gasteiger partial charge >= 0.3 is 0 Å². The Labute approximate surface area is 240 Å². The van der Waals surface area contributed by atoms with Crippen molar-refractivity contribution in [2.75, 3.05) is 10.2 Å². The number of hydrogen-bond donors (Lipinski definition) is 1. The molecule has 0 amide bonds. The van der Waals surface area contributed by atoms with Crippen molar-refractivity contribution in [3.63, 3.8) is 0 Å². The summed E-state index contributed by atoms with van der Waals surface area (Å²) in [5.74, 6) is 2.32. The molecule has 0 radical (unpaired) electrons. The lowest BCUT2D eigenvalue weighted by Crippen LogP contribution is -2.46. The van der Waals surface area contributed by atoms with E-state index < -0.39 is 0 Å². The molecule has 0 saturated carbocycles. The quantitative estimate of drug-likeness (QED) is 0.252. The van der Waals surface area contributed by atoms with Crippen molar-refractivity contribution in [3.8, 4) is 5.69 Å². The number of rotatable bonds is 4. The fourth-order valence-electron chi connectivity index (χ4n) is 5.98. The summed E-state index contributed by atoms with van der Waals surface area (Å²) in [6, 6.07) is 33.9. The fourth-order valence-corrected chi connectivity index (χ4v) is 5.98. The van der Waals surface area contributed by atoms with Gasteiger partial charge in [-0.3, -0.25) is 0 Å². The van der Waals surface area contributed by atoms with Crippen molar-refractivity contribution in [1.29, 1.82) is 0 Å². The highest BCUT2D eigenvalue weighted by Crippen LogP contribution is 2.48. The van der Waals surface area contributed by atoms with Gasteiger partial charge in [0.2, 0.25) is 0 Å². The average Bonchev–Trinajstić information content (AvgIpc) is 3.32. The maximum Gasteiger partial charge on any atom is 0.179 e. The molecule has 2 aliphatic heterocycles. The van der Waals surface area contributed by atoms with Crippen molar-refractivity contribution in [3.05, 3.63) is 131 Å². The highest BCUT2D eigenvalue weighted by atomic mass is 15.4. The molecule has 41 heavy (non-hydrogen) atoms. The molecule has 3 heterocycles. The molecule has 0 spiro atoms. The Morgan fingerprint density at radius 3 is 2.22 bits per heavy atom. The minimum atomic E-state index is -0.131. The van der Waals surface area contributed by atoms with Gasteiger partial charge in [0, 0.05) is 11.3 Å². The first-order valence-electron chi connectivity index (χ1n) is 14.2. The summed E-state index contributed by atoms with van der Waals surface area (Å²) >= 11 is 0. The molecule has 1 unspecified atom stereocenters. The van der Waals surface area contributed by atoms with E-state index in [2.05, 4.69) is 111 Å². The monoisotopic (exact) mass is 536 g/mol. The third-order valence-corrected chi connectivity index (χ3v) is 7.83. The molecule has 1 aromatic heterocycles. The molecule has 4 aromatic carbocycles. The van der Waals surface area contributed by atoms with E-state index in [9.17, 15) is 0 Å². The molecule has 0 fully saturated rings. The van der Waals surface area contributed by atoms with Gasteiger partial charge in [-0.2, -0.15) is 5.10 Å². The van der Waals surface area contributed by atoms with E-state index in [1.54, 1.807) is 0 Å². The molecular weight excluding hydrogens is 504 g/mol. The third kappa shape index (κ3) is 4.32.